The summed E-state index contributed by atoms with van der Waals surface area (Å²) in [5.74, 6) is -1.20. The molecule has 1 aliphatic heterocycles. The molecule has 2 aromatic rings. The molecule has 11 heteroatoms. The number of sulfonamides is 1. The van der Waals surface area contributed by atoms with Gasteiger partial charge in [0.1, 0.15) is 0 Å². The number of sulfone groups is 1. The first-order chi connectivity index (χ1) is 14.0. The first kappa shape index (κ1) is 22.1. The summed E-state index contributed by atoms with van der Waals surface area (Å²) in [7, 11) is -7.79. The van der Waals surface area contributed by atoms with Gasteiger partial charge in [-0.15, -0.1) is 0 Å². The van der Waals surface area contributed by atoms with Crippen molar-refractivity contribution in [2.24, 2.45) is 0 Å². The Morgan fingerprint density at radius 3 is 2.23 bits per heavy atom. The molecule has 1 amide bonds. The third-order valence-corrected chi connectivity index (χ3v) is 8.33. The summed E-state index contributed by atoms with van der Waals surface area (Å²) in [6, 6.07) is 10.7. The van der Waals surface area contributed by atoms with Crippen molar-refractivity contribution >= 4 is 37.1 Å². The zero-order chi connectivity index (χ0) is 22.1. The second-order valence-electron chi connectivity index (χ2n) is 7.16. The third kappa shape index (κ3) is 4.74. The van der Waals surface area contributed by atoms with Gasteiger partial charge in [-0.05, 0) is 42.0 Å². The number of aliphatic hydroxyl groups is 1. The topological polar surface area (TPSA) is 147 Å². The quantitative estimate of drug-likeness (QED) is 0.532. The Hall–Kier alpha value is -2.63. The zero-order valence-electron chi connectivity index (χ0n) is 16.2. The summed E-state index contributed by atoms with van der Waals surface area (Å²) < 4.78 is 51.9. The lowest BCUT2D eigenvalue weighted by Crippen LogP contribution is -2.47. The van der Waals surface area contributed by atoms with E-state index in [9.17, 15) is 26.7 Å². The van der Waals surface area contributed by atoms with E-state index in [2.05, 4.69) is 5.32 Å². The number of nitrogens with one attached hydrogen (secondary N) is 1. The predicted molar refractivity (Wildman–Crippen MR) is 113 cm³/mol. The van der Waals surface area contributed by atoms with Crippen LogP contribution in [-0.2, 0) is 31.2 Å². The maximum atomic E-state index is 13.5. The van der Waals surface area contributed by atoms with E-state index in [4.69, 9.17) is 5.73 Å². The van der Waals surface area contributed by atoms with Gasteiger partial charge in [-0.2, -0.15) is 0 Å². The predicted octanol–water partition coefficient (Wildman–Crippen LogP) is 0.258. The summed E-state index contributed by atoms with van der Waals surface area (Å²) >= 11 is 0. The molecule has 9 nitrogen and oxygen atoms in total. The lowest BCUT2D eigenvalue weighted by molar-refractivity contribution is -0.119. The van der Waals surface area contributed by atoms with E-state index < -0.39 is 43.5 Å². The Labute approximate surface area is 175 Å². The largest absolute Gasteiger partial charge is 0.399 e. The molecular weight excluding hydrogens is 430 g/mol. The number of carbonyl (C=O) groups excluding carboxylic acids is 1. The van der Waals surface area contributed by atoms with Gasteiger partial charge in [-0.25, -0.2) is 16.8 Å². The standard InChI is InChI=1S/C19H23N3O6S2/c1-13(23)21-10-14-2-8-17(9-3-14)30(27,28)22(16-6-4-15(20)5-7-16)18-11-29(25,26)12-19(18)24/h2-9,18-19,24H,10-12,20H2,1H3,(H,21,23)/t18-,19+/m1/s1. The van der Waals surface area contributed by atoms with Gasteiger partial charge in [0.15, 0.2) is 9.84 Å². The molecule has 4 N–H and O–H groups in total. The van der Waals surface area contributed by atoms with Crippen LogP contribution in [0.15, 0.2) is 53.4 Å². The van der Waals surface area contributed by atoms with E-state index >= 15 is 0 Å². The fraction of sp³-hybridized carbons (Fsp3) is 0.316. The molecule has 2 atom stereocenters. The first-order valence-electron chi connectivity index (χ1n) is 9.11. The number of nitrogen functional groups attached to an aromatic ring is 1. The van der Waals surface area contributed by atoms with Crippen molar-refractivity contribution in [3.63, 3.8) is 0 Å². The summed E-state index contributed by atoms with van der Waals surface area (Å²) in [4.78, 5) is 11.0. The molecule has 3 rings (SSSR count). The van der Waals surface area contributed by atoms with Crippen LogP contribution in [0.25, 0.3) is 0 Å². The van der Waals surface area contributed by atoms with Crippen LogP contribution in [0, 0.1) is 0 Å². The van der Waals surface area contributed by atoms with Gasteiger partial charge in [-0.1, -0.05) is 12.1 Å². The van der Waals surface area contributed by atoms with Gasteiger partial charge >= 0.3 is 0 Å². The molecule has 0 spiro atoms. The number of carbonyl (C=O) groups is 1. The maximum Gasteiger partial charge on any atom is 0.264 e. The number of amides is 1. The molecule has 162 valence electrons. The molecule has 1 heterocycles. The lowest BCUT2D eigenvalue weighted by Gasteiger charge is -2.31. The summed E-state index contributed by atoms with van der Waals surface area (Å²) in [5.41, 5.74) is 7.01. The summed E-state index contributed by atoms with van der Waals surface area (Å²) in [5, 5.41) is 13.0. The molecule has 0 aliphatic carbocycles. The van der Waals surface area contributed by atoms with Crippen LogP contribution in [0.2, 0.25) is 0 Å². The normalized spacial score (nSPS) is 20.6. The highest BCUT2D eigenvalue weighted by atomic mass is 32.2. The van der Waals surface area contributed by atoms with Crippen LogP contribution in [0.5, 0.6) is 0 Å². The first-order valence-corrected chi connectivity index (χ1v) is 12.4. The lowest BCUT2D eigenvalue weighted by atomic mass is 10.2. The van der Waals surface area contributed by atoms with Crippen molar-refractivity contribution in [1.29, 1.82) is 0 Å². The Balaban J connectivity index is 2.02. The van der Waals surface area contributed by atoms with Crippen LogP contribution in [-0.4, -0.2) is 51.5 Å². The Morgan fingerprint density at radius 1 is 1.13 bits per heavy atom. The van der Waals surface area contributed by atoms with Crippen molar-refractivity contribution in [1.82, 2.24) is 5.32 Å². The highest BCUT2D eigenvalue weighted by molar-refractivity contribution is 7.93. The number of nitrogens with zero attached hydrogens (tertiary/aromatic N) is 1. The van der Waals surface area contributed by atoms with Gasteiger partial charge in [0.25, 0.3) is 10.0 Å². The SMILES string of the molecule is CC(=O)NCc1ccc(S(=O)(=O)N(c2ccc(N)cc2)[C@@H]2CS(=O)(=O)C[C@@H]2O)cc1. The Kier molecular flexibility index (Phi) is 6.06. The summed E-state index contributed by atoms with van der Waals surface area (Å²) in [6.45, 7) is 1.63. The molecule has 1 fully saturated rings. The average Bonchev–Trinajstić information content (AvgIpc) is 2.94. The number of benzene rings is 2. The fourth-order valence-electron chi connectivity index (χ4n) is 3.28. The van der Waals surface area contributed by atoms with Gasteiger partial charge in [-0.3, -0.25) is 9.10 Å². The van der Waals surface area contributed by atoms with Crippen LogP contribution in [0.1, 0.15) is 12.5 Å². The molecule has 1 aliphatic rings. The van der Waals surface area contributed by atoms with Crippen LogP contribution >= 0.6 is 0 Å². The molecule has 30 heavy (non-hydrogen) atoms. The van der Waals surface area contributed by atoms with E-state index in [1.807, 2.05) is 0 Å². The van der Waals surface area contributed by atoms with Gasteiger partial charge in [0.2, 0.25) is 5.91 Å². The van der Waals surface area contributed by atoms with Gasteiger partial charge < -0.3 is 16.2 Å². The van der Waals surface area contributed by atoms with E-state index in [0.717, 1.165) is 4.31 Å². The Morgan fingerprint density at radius 2 is 1.73 bits per heavy atom. The smallest absolute Gasteiger partial charge is 0.264 e. The van der Waals surface area contributed by atoms with E-state index in [-0.39, 0.29) is 23.0 Å². The van der Waals surface area contributed by atoms with Gasteiger partial charge in [0, 0.05) is 19.2 Å². The molecule has 0 radical (unpaired) electrons. The fourth-order valence-corrected chi connectivity index (χ4v) is 6.83. The molecular formula is C19H23N3O6S2. The number of hydrogen-bond acceptors (Lipinski definition) is 7. The number of rotatable bonds is 6. The minimum Gasteiger partial charge on any atom is -0.399 e. The summed E-state index contributed by atoms with van der Waals surface area (Å²) in [6.07, 6.45) is -1.36. The number of aliphatic hydroxyl groups excluding tert-OH is 1. The molecule has 0 unspecified atom stereocenters. The number of hydrogen-bond donors (Lipinski definition) is 3. The van der Waals surface area contributed by atoms with E-state index in [0.29, 0.717) is 11.3 Å². The van der Waals surface area contributed by atoms with Crippen LogP contribution in [0.3, 0.4) is 0 Å². The van der Waals surface area contributed by atoms with Crippen molar-refractivity contribution < 1.29 is 26.7 Å². The van der Waals surface area contributed by atoms with Crippen LogP contribution < -0.4 is 15.4 Å². The maximum absolute atomic E-state index is 13.5. The molecule has 0 saturated carbocycles. The van der Waals surface area contributed by atoms with Crippen molar-refractivity contribution in [2.75, 3.05) is 21.5 Å². The van der Waals surface area contributed by atoms with Gasteiger partial charge in [0.05, 0.1) is 34.2 Å². The van der Waals surface area contributed by atoms with Crippen molar-refractivity contribution in [2.45, 2.75) is 30.5 Å². The highest BCUT2D eigenvalue weighted by Crippen LogP contribution is 2.31. The number of nitrogens with two attached hydrogens (primary N) is 1. The van der Waals surface area contributed by atoms with Crippen molar-refractivity contribution in [3.05, 3.63) is 54.1 Å². The molecule has 0 bridgehead atoms. The molecule has 2 aromatic carbocycles. The highest BCUT2D eigenvalue weighted by Gasteiger charge is 2.45. The minimum absolute atomic E-state index is 0.0672. The van der Waals surface area contributed by atoms with Crippen molar-refractivity contribution in [3.8, 4) is 0 Å². The average molecular weight is 454 g/mol. The van der Waals surface area contributed by atoms with Crippen LogP contribution in [0.4, 0.5) is 11.4 Å². The Bertz CT molecular complexity index is 1130. The molecule has 1 saturated heterocycles. The van der Waals surface area contributed by atoms with E-state index in [1.165, 1.54) is 43.3 Å². The zero-order valence-corrected chi connectivity index (χ0v) is 17.9. The third-order valence-electron chi connectivity index (χ3n) is 4.76. The number of anilines is 2. The second-order valence-corrected chi connectivity index (χ2v) is 11.1. The molecule has 0 aromatic heterocycles. The second kappa shape index (κ2) is 8.25. The monoisotopic (exact) mass is 453 g/mol. The minimum atomic E-state index is -4.20. The van der Waals surface area contributed by atoms with E-state index in [1.54, 1.807) is 12.1 Å².